The van der Waals surface area contributed by atoms with Crippen LogP contribution >= 0.6 is 0 Å². The third-order valence-electron chi connectivity index (χ3n) is 4.10. The van der Waals surface area contributed by atoms with Crippen molar-refractivity contribution in [2.75, 3.05) is 18.0 Å². The largest absolute Gasteiger partial charge is 0.338 e. The van der Waals surface area contributed by atoms with E-state index in [1.165, 1.54) is 0 Å². The summed E-state index contributed by atoms with van der Waals surface area (Å²) in [5, 5.41) is 7.10. The van der Waals surface area contributed by atoms with Gasteiger partial charge in [-0.05, 0) is 19.3 Å². The van der Waals surface area contributed by atoms with Crippen molar-refractivity contribution in [2.45, 2.75) is 50.0 Å². The Labute approximate surface area is 110 Å². The van der Waals surface area contributed by atoms with Gasteiger partial charge in [0.2, 0.25) is 11.9 Å². The summed E-state index contributed by atoms with van der Waals surface area (Å²) in [4.78, 5) is 6.50. The smallest absolute Gasteiger partial charge is 0.248 e. The van der Waals surface area contributed by atoms with Crippen LogP contribution in [0.3, 0.4) is 0 Å². The lowest BCUT2D eigenvalue weighted by molar-refractivity contribution is -0.0387. The number of anilines is 1. The molecule has 1 aromatic heterocycles. The van der Waals surface area contributed by atoms with E-state index >= 15 is 0 Å². The molecule has 106 valence electrons. The van der Waals surface area contributed by atoms with Crippen molar-refractivity contribution in [3.05, 3.63) is 5.82 Å². The van der Waals surface area contributed by atoms with Gasteiger partial charge in [0.15, 0.2) is 0 Å². The first-order valence-corrected chi connectivity index (χ1v) is 6.84. The molecule has 19 heavy (non-hydrogen) atoms. The monoisotopic (exact) mass is 271 g/mol. The molecule has 3 rings (SSSR count). The van der Waals surface area contributed by atoms with Crippen molar-refractivity contribution >= 4 is 5.95 Å². The quantitative estimate of drug-likeness (QED) is 0.857. The lowest BCUT2D eigenvalue weighted by Crippen LogP contribution is -2.27. The number of nitrogens with zero attached hydrogens (tertiary/aromatic N) is 3. The second-order valence-electron chi connectivity index (χ2n) is 5.65. The van der Waals surface area contributed by atoms with Crippen molar-refractivity contribution in [2.24, 2.45) is 5.73 Å². The lowest BCUT2D eigenvalue weighted by Gasteiger charge is -2.26. The Kier molecular flexibility index (Phi) is 3.16. The summed E-state index contributed by atoms with van der Waals surface area (Å²) < 4.78 is 26.2. The highest BCUT2D eigenvalue weighted by molar-refractivity contribution is 5.31. The molecule has 2 aliphatic rings. The minimum atomic E-state index is -2.50. The zero-order chi connectivity index (χ0) is 13.5. The number of nitrogens with one attached hydrogen (secondary N) is 1. The van der Waals surface area contributed by atoms with Crippen LogP contribution in [-0.2, 0) is 0 Å². The van der Waals surface area contributed by atoms with Gasteiger partial charge in [0.05, 0.1) is 0 Å². The number of halogens is 2. The highest BCUT2D eigenvalue weighted by atomic mass is 19.3. The molecule has 7 heteroatoms. The Morgan fingerprint density at radius 1 is 1.26 bits per heavy atom. The number of aromatic amines is 1. The molecule has 0 spiro atoms. The zero-order valence-corrected chi connectivity index (χ0v) is 10.8. The lowest BCUT2D eigenvalue weighted by atomic mass is 9.86. The van der Waals surface area contributed by atoms with Crippen LogP contribution in [0.25, 0.3) is 0 Å². The Hall–Kier alpha value is -1.24. The Morgan fingerprint density at radius 2 is 2.00 bits per heavy atom. The van der Waals surface area contributed by atoms with Gasteiger partial charge in [0.1, 0.15) is 5.82 Å². The number of rotatable bonds is 2. The molecule has 1 aliphatic carbocycles. The first-order chi connectivity index (χ1) is 9.03. The molecule has 1 aliphatic heterocycles. The molecule has 0 aromatic carbocycles. The number of aromatic nitrogens is 3. The van der Waals surface area contributed by atoms with Gasteiger partial charge in [-0.3, -0.25) is 5.10 Å². The van der Waals surface area contributed by atoms with Crippen molar-refractivity contribution in [1.82, 2.24) is 15.2 Å². The molecule has 1 atom stereocenters. The molecule has 0 amide bonds. The van der Waals surface area contributed by atoms with Gasteiger partial charge in [-0.2, -0.15) is 4.98 Å². The average molecular weight is 271 g/mol. The van der Waals surface area contributed by atoms with Crippen LogP contribution in [0.1, 0.15) is 43.8 Å². The normalized spacial score (nSPS) is 27.9. The van der Waals surface area contributed by atoms with Crippen molar-refractivity contribution < 1.29 is 8.78 Å². The van der Waals surface area contributed by atoms with Gasteiger partial charge in [-0.15, -0.1) is 5.10 Å². The van der Waals surface area contributed by atoms with Crippen LogP contribution in [-0.4, -0.2) is 40.2 Å². The van der Waals surface area contributed by atoms with E-state index in [4.69, 9.17) is 5.73 Å². The number of alkyl halides is 2. The molecule has 2 heterocycles. The van der Waals surface area contributed by atoms with Gasteiger partial charge < -0.3 is 10.6 Å². The van der Waals surface area contributed by atoms with Crippen LogP contribution in [0.2, 0.25) is 0 Å². The number of hydrogen-bond donors (Lipinski definition) is 2. The van der Waals surface area contributed by atoms with Crippen molar-refractivity contribution in [3.63, 3.8) is 0 Å². The number of H-pyrrole nitrogens is 1. The molecule has 1 aromatic rings. The van der Waals surface area contributed by atoms with Gasteiger partial charge >= 0.3 is 0 Å². The Bertz CT molecular complexity index is 437. The molecule has 1 saturated heterocycles. The van der Waals surface area contributed by atoms with E-state index in [1.54, 1.807) is 0 Å². The molecule has 5 nitrogen and oxygen atoms in total. The Morgan fingerprint density at radius 3 is 2.63 bits per heavy atom. The fourth-order valence-electron chi connectivity index (χ4n) is 2.87. The molecule has 0 radical (unpaired) electrons. The fourth-order valence-corrected chi connectivity index (χ4v) is 2.87. The van der Waals surface area contributed by atoms with E-state index in [0.717, 1.165) is 25.3 Å². The first kappa shape index (κ1) is 12.8. The second-order valence-corrected chi connectivity index (χ2v) is 5.65. The molecule has 0 bridgehead atoms. The van der Waals surface area contributed by atoms with E-state index in [-0.39, 0.29) is 24.8 Å². The third kappa shape index (κ3) is 2.70. The molecule has 3 N–H and O–H groups in total. The van der Waals surface area contributed by atoms with Crippen LogP contribution in [0.15, 0.2) is 0 Å². The first-order valence-electron chi connectivity index (χ1n) is 6.84. The summed E-state index contributed by atoms with van der Waals surface area (Å²) in [5.74, 6) is -1.02. The predicted molar refractivity (Wildman–Crippen MR) is 67.3 cm³/mol. The molecular formula is C12H19F2N5. The SMILES string of the molecule is NC1CCN(c2n[nH]c(C3CCC(F)(F)CC3)n2)C1. The van der Waals surface area contributed by atoms with E-state index in [1.807, 2.05) is 4.90 Å². The van der Waals surface area contributed by atoms with Gasteiger partial charge in [0, 0.05) is 37.9 Å². The summed E-state index contributed by atoms with van der Waals surface area (Å²) in [6, 6.07) is 0.176. The highest BCUT2D eigenvalue weighted by Crippen LogP contribution is 2.40. The summed E-state index contributed by atoms with van der Waals surface area (Å²) in [6.07, 6.45) is 1.78. The maximum atomic E-state index is 13.1. The molecule has 1 saturated carbocycles. The molecule has 2 fully saturated rings. The minimum absolute atomic E-state index is 0.0533. The Balaban J connectivity index is 1.65. The van der Waals surface area contributed by atoms with Gasteiger partial charge in [-0.1, -0.05) is 0 Å². The topological polar surface area (TPSA) is 70.8 Å². The number of hydrogen-bond acceptors (Lipinski definition) is 4. The van der Waals surface area contributed by atoms with Crippen LogP contribution < -0.4 is 10.6 Å². The van der Waals surface area contributed by atoms with Crippen molar-refractivity contribution in [1.29, 1.82) is 0 Å². The standard InChI is InChI=1S/C12H19F2N5/c13-12(14)4-1-8(2-5-12)10-16-11(18-17-10)19-6-3-9(15)7-19/h8-9H,1-7,15H2,(H,16,17,18). The van der Waals surface area contributed by atoms with Crippen LogP contribution in [0.4, 0.5) is 14.7 Å². The van der Waals surface area contributed by atoms with E-state index in [0.29, 0.717) is 18.8 Å². The zero-order valence-electron chi connectivity index (χ0n) is 10.8. The van der Waals surface area contributed by atoms with Gasteiger partial charge in [0.25, 0.3) is 0 Å². The maximum Gasteiger partial charge on any atom is 0.248 e. The summed E-state index contributed by atoms with van der Waals surface area (Å²) in [6.45, 7) is 1.63. The molecule has 1 unspecified atom stereocenters. The molecular weight excluding hydrogens is 252 g/mol. The van der Waals surface area contributed by atoms with E-state index in [2.05, 4.69) is 15.2 Å². The highest BCUT2D eigenvalue weighted by Gasteiger charge is 2.36. The van der Waals surface area contributed by atoms with E-state index < -0.39 is 5.92 Å². The maximum absolute atomic E-state index is 13.1. The summed E-state index contributed by atoms with van der Waals surface area (Å²) in [7, 11) is 0. The van der Waals surface area contributed by atoms with E-state index in [9.17, 15) is 8.78 Å². The predicted octanol–water partition coefficient (Wildman–Crippen LogP) is 1.63. The summed E-state index contributed by atoms with van der Waals surface area (Å²) >= 11 is 0. The van der Waals surface area contributed by atoms with Crippen LogP contribution in [0, 0.1) is 0 Å². The average Bonchev–Trinajstić information content (AvgIpc) is 2.97. The van der Waals surface area contributed by atoms with Crippen molar-refractivity contribution in [3.8, 4) is 0 Å². The van der Waals surface area contributed by atoms with Gasteiger partial charge in [-0.25, -0.2) is 8.78 Å². The third-order valence-corrected chi connectivity index (χ3v) is 4.10. The fraction of sp³-hybridized carbons (Fsp3) is 0.833. The number of nitrogens with two attached hydrogens (primary N) is 1. The van der Waals surface area contributed by atoms with Crippen LogP contribution in [0.5, 0.6) is 0 Å². The second kappa shape index (κ2) is 4.70. The summed E-state index contributed by atoms with van der Waals surface area (Å²) in [5.41, 5.74) is 5.85. The minimum Gasteiger partial charge on any atom is -0.338 e.